The Morgan fingerprint density at radius 2 is 1.83 bits per heavy atom. The Labute approximate surface area is 179 Å². The predicted octanol–water partition coefficient (Wildman–Crippen LogP) is 3.76. The van der Waals surface area contributed by atoms with Crippen LogP contribution in [0.2, 0.25) is 10.0 Å². The maximum atomic E-state index is 12.9. The van der Waals surface area contributed by atoms with Crippen LogP contribution in [0.4, 0.5) is 0 Å². The summed E-state index contributed by atoms with van der Waals surface area (Å²) in [7, 11) is 3.89. The molecule has 0 radical (unpaired) electrons. The molecule has 1 aliphatic rings. The van der Waals surface area contributed by atoms with Gasteiger partial charge in [0.15, 0.2) is 0 Å². The lowest BCUT2D eigenvalue weighted by Gasteiger charge is -2.25. The van der Waals surface area contributed by atoms with Gasteiger partial charge in [-0.15, -0.1) is 0 Å². The molecule has 2 aromatic rings. The minimum absolute atomic E-state index is 0.0319. The van der Waals surface area contributed by atoms with E-state index in [1.165, 1.54) is 17.0 Å². The van der Waals surface area contributed by atoms with Crippen LogP contribution in [0.25, 0.3) is 5.76 Å². The Bertz CT molecular complexity index is 961. The summed E-state index contributed by atoms with van der Waals surface area (Å²) < 4.78 is 0. The number of aromatic nitrogens is 1. The Morgan fingerprint density at radius 3 is 2.45 bits per heavy atom. The number of nitrogens with zero attached hydrogens (tertiary/aromatic N) is 3. The zero-order valence-electron chi connectivity index (χ0n) is 16.1. The quantitative estimate of drug-likeness (QED) is 0.426. The number of Topliss-reactive ketones (excluding diaryl/α,β-unsaturated/α-hetero) is 1. The molecule has 8 heteroatoms. The molecule has 1 N–H and O–H groups in total. The van der Waals surface area contributed by atoms with Gasteiger partial charge in [0.05, 0.1) is 21.7 Å². The first-order valence-corrected chi connectivity index (χ1v) is 9.85. The third-order valence-corrected chi connectivity index (χ3v) is 5.50. The molecule has 1 unspecified atom stereocenters. The zero-order chi connectivity index (χ0) is 21.1. The number of aliphatic hydroxyl groups is 1. The molecule has 1 aromatic carbocycles. The smallest absolute Gasteiger partial charge is 0.295 e. The molecular formula is C21H21Cl2N3O3. The highest BCUT2D eigenvalue weighted by Gasteiger charge is 2.45. The van der Waals surface area contributed by atoms with Crippen LogP contribution in [0.1, 0.15) is 23.6 Å². The van der Waals surface area contributed by atoms with Gasteiger partial charge >= 0.3 is 0 Å². The molecule has 0 bridgehead atoms. The molecule has 1 amide bonds. The number of rotatable bonds is 6. The number of carbonyl (C=O) groups is 2. The zero-order valence-corrected chi connectivity index (χ0v) is 17.6. The standard InChI is InChI=1S/C21H21Cl2N3O3/c1-25(2)10-3-11-26-18(13-6-8-24-9-7-13)17(20(28)21(26)29)19(27)14-4-5-15(22)16(23)12-14/h4-9,12,18,27H,3,10-11H2,1-2H3/b19-17-. The Morgan fingerprint density at radius 1 is 1.14 bits per heavy atom. The van der Waals surface area contributed by atoms with Crippen LogP contribution in [-0.2, 0) is 9.59 Å². The van der Waals surface area contributed by atoms with Crippen molar-refractivity contribution in [2.24, 2.45) is 0 Å². The van der Waals surface area contributed by atoms with Crippen LogP contribution < -0.4 is 0 Å². The largest absolute Gasteiger partial charge is 0.507 e. The van der Waals surface area contributed by atoms with Gasteiger partial charge in [0.1, 0.15) is 5.76 Å². The summed E-state index contributed by atoms with van der Waals surface area (Å²) in [4.78, 5) is 33.2. The highest BCUT2D eigenvalue weighted by atomic mass is 35.5. The van der Waals surface area contributed by atoms with E-state index in [0.717, 1.165) is 6.54 Å². The fraction of sp³-hybridized carbons (Fsp3) is 0.286. The van der Waals surface area contributed by atoms with Crippen molar-refractivity contribution >= 4 is 40.7 Å². The number of ketones is 1. The lowest BCUT2D eigenvalue weighted by molar-refractivity contribution is -0.139. The fourth-order valence-electron chi connectivity index (χ4n) is 3.36. The van der Waals surface area contributed by atoms with E-state index in [1.807, 2.05) is 19.0 Å². The van der Waals surface area contributed by atoms with Crippen LogP contribution in [0.5, 0.6) is 0 Å². The molecule has 1 atom stereocenters. The Hall–Kier alpha value is -2.41. The van der Waals surface area contributed by atoms with Gasteiger partial charge in [-0.05, 0) is 63.0 Å². The van der Waals surface area contributed by atoms with Gasteiger partial charge in [0.25, 0.3) is 11.7 Å². The van der Waals surface area contributed by atoms with Gasteiger partial charge < -0.3 is 14.9 Å². The van der Waals surface area contributed by atoms with E-state index >= 15 is 0 Å². The van der Waals surface area contributed by atoms with E-state index in [1.54, 1.807) is 30.6 Å². The van der Waals surface area contributed by atoms with E-state index in [2.05, 4.69) is 4.98 Å². The SMILES string of the molecule is CN(C)CCCN1C(=O)C(=O)/C(=C(\O)c2ccc(Cl)c(Cl)c2)C1c1ccncc1. The summed E-state index contributed by atoms with van der Waals surface area (Å²) in [5.41, 5.74) is 1.06. The van der Waals surface area contributed by atoms with Crippen molar-refractivity contribution in [2.75, 3.05) is 27.2 Å². The average Bonchev–Trinajstić information content (AvgIpc) is 2.95. The van der Waals surface area contributed by atoms with E-state index < -0.39 is 17.7 Å². The fourth-order valence-corrected chi connectivity index (χ4v) is 3.66. The third-order valence-electron chi connectivity index (χ3n) is 4.76. The molecule has 1 saturated heterocycles. The topological polar surface area (TPSA) is 73.7 Å². The second-order valence-corrected chi connectivity index (χ2v) is 7.87. The number of carbonyl (C=O) groups excluding carboxylic acids is 2. The normalized spacial score (nSPS) is 18.7. The van der Waals surface area contributed by atoms with Crippen LogP contribution in [0.15, 0.2) is 48.3 Å². The highest BCUT2D eigenvalue weighted by molar-refractivity contribution is 6.46. The van der Waals surface area contributed by atoms with Crippen molar-refractivity contribution in [3.05, 3.63) is 69.5 Å². The summed E-state index contributed by atoms with van der Waals surface area (Å²) in [6.07, 6.45) is 3.87. The summed E-state index contributed by atoms with van der Waals surface area (Å²) in [6, 6.07) is 7.34. The number of aliphatic hydroxyl groups excluding tert-OH is 1. The summed E-state index contributed by atoms with van der Waals surface area (Å²) in [5, 5.41) is 11.5. The molecular weight excluding hydrogens is 413 g/mol. The maximum Gasteiger partial charge on any atom is 0.295 e. The van der Waals surface area contributed by atoms with Crippen molar-refractivity contribution in [1.82, 2.24) is 14.8 Å². The molecule has 2 heterocycles. The number of hydrogen-bond acceptors (Lipinski definition) is 5. The van der Waals surface area contributed by atoms with Crippen molar-refractivity contribution in [1.29, 1.82) is 0 Å². The van der Waals surface area contributed by atoms with Crippen LogP contribution >= 0.6 is 23.2 Å². The average molecular weight is 434 g/mol. The van der Waals surface area contributed by atoms with Gasteiger partial charge in [0, 0.05) is 24.5 Å². The van der Waals surface area contributed by atoms with Gasteiger partial charge in [-0.3, -0.25) is 14.6 Å². The summed E-state index contributed by atoms with van der Waals surface area (Å²) >= 11 is 12.0. The molecule has 1 aromatic heterocycles. The van der Waals surface area contributed by atoms with Crippen molar-refractivity contribution in [3.8, 4) is 0 Å². The predicted molar refractivity (Wildman–Crippen MR) is 113 cm³/mol. The van der Waals surface area contributed by atoms with E-state index in [9.17, 15) is 14.7 Å². The summed E-state index contributed by atoms with van der Waals surface area (Å²) in [6.45, 7) is 1.15. The molecule has 0 saturated carbocycles. The lowest BCUT2D eigenvalue weighted by Crippen LogP contribution is -2.32. The lowest BCUT2D eigenvalue weighted by atomic mass is 9.96. The van der Waals surface area contributed by atoms with E-state index in [4.69, 9.17) is 23.2 Å². The minimum Gasteiger partial charge on any atom is -0.507 e. The second-order valence-electron chi connectivity index (χ2n) is 7.06. The number of halogens is 2. The van der Waals surface area contributed by atoms with Crippen molar-refractivity contribution in [3.63, 3.8) is 0 Å². The van der Waals surface area contributed by atoms with Crippen molar-refractivity contribution in [2.45, 2.75) is 12.5 Å². The minimum atomic E-state index is -0.722. The van der Waals surface area contributed by atoms with E-state index in [-0.39, 0.29) is 16.4 Å². The molecule has 3 rings (SSSR count). The molecule has 152 valence electrons. The maximum absolute atomic E-state index is 12.9. The summed E-state index contributed by atoms with van der Waals surface area (Å²) in [5.74, 6) is -1.63. The molecule has 0 spiro atoms. The molecule has 1 fully saturated rings. The Balaban J connectivity index is 2.09. The monoisotopic (exact) mass is 433 g/mol. The third kappa shape index (κ3) is 4.45. The molecule has 29 heavy (non-hydrogen) atoms. The number of benzene rings is 1. The first kappa shape index (κ1) is 21.3. The molecule has 6 nitrogen and oxygen atoms in total. The van der Waals surface area contributed by atoms with Gasteiger partial charge in [-0.1, -0.05) is 23.2 Å². The van der Waals surface area contributed by atoms with Crippen molar-refractivity contribution < 1.29 is 14.7 Å². The first-order valence-electron chi connectivity index (χ1n) is 9.09. The van der Waals surface area contributed by atoms with Crippen LogP contribution in [0.3, 0.4) is 0 Å². The number of likely N-dealkylation sites (tertiary alicyclic amines) is 1. The van der Waals surface area contributed by atoms with Crippen LogP contribution in [0, 0.1) is 0 Å². The first-order chi connectivity index (χ1) is 13.8. The number of hydrogen-bond donors (Lipinski definition) is 1. The molecule has 0 aliphatic carbocycles. The van der Waals surface area contributed by atoms with Crippen LogP contribution in [-0.4, -0.2) is 58.8 Å². The Kier molecular flexibility index (Phi) is 6.57. The molecule has 1 aliphatic heterocycles. The highest BCUT2D eigenvalue weighted by Crippen LogP contribution is 2.39. The number of pyridine rings is 1. The second kappa shape index (κ2) is 8.95. The van der Waals surface area contributed by atoms with Gasteiger partial charge in [-0.2, -0.15) is 0 Å². The van der Waals surface area contributed by atoms with Gasteiger partial charge in [-0.25, -0.2) is 0 Å². The van der Waals surface area contributed by atoms with E-state index in [0.29, 0.717) is 29.1 Å². The van der Waals surface area contributed by atoms with Gasteiger partial charge in [0.2, 0.25) is 0 Å². The number of amides is 1.